The van der Waals surface area contributed by atoms with Gasteiger partial charge in [-0.2, -0.15) is 5.10 Å². The van der Waals surface area contributed by atoms with Gasteiger partial charge in [0, 0.05) is 25.7 Å². The van der Waals surface area contributed by atoms with Crippen LogP contribution in [0.5, 0.6) is 0 Å². The Bertz CT molecular complexity index is 773. The molecule has 1 aliphatic heterocycles. The Morgan fingerprint density at radius 3 is 2.73 bits per heavy atom. The van der Waals surface area contributed by atoms with Crippen LogP contribution in [0, 0.1) is 11.7 Å². The average molecular weight is 359 g/mol. The molecular formula is C19H22FN3O3. The number of carboxylic acids is 1. The predicted molar refractivity (Wildman–Crippen MR) is 93.4 cm³/mol. The van der Waals surface area contributed by atoms with E-state index in [-0.39, 0.29) is 30.5 Å². The van der Waals surface area contributed by atoms with Crippen LogP contribution in [0.1, 0.15) is 31.4 Å². The van der Waals surface area contributed by atoms with E-state index in [0.29, 0.717) is 25.2 Å². The minimum absolute atomic E-state index is 0.00869. The first-order valence-electron chi connectivity index (χ1n) is 8.81. The summed E-state index contributed by atoms with van der Waals surface area (Å²) in [5.74, 6) is -0.839. The number of aromatic nitrogens is 2. The smallest absolute Gasteiger partial charge is 0.303 e. The van der Waals surface area contributed by atoms with Gasteiger partial charge in [0.15, 0.2) is 0 Å². The first-order valence-corrected chi connectivity index (χ1v) is 8.81. The summed E-state index contributed by atoms with van der Waals surface area (Å²) in [7, 11) is 0. The van der Waals surface area contributed by atoms with E-state index in [9.17, 15) is 14.0 Å². The van der Waals surface area contributed by atoms with Crippen molar-refractivity contribution in [2.75, 3.05) is 13.1 Å². The Morgan fingerprint density at radius 2 is 2.00 bits per heavy atom. The van der Waals surface area contributed by atoms with Gasteiger partial charge in [-0.05, 0) is 55.5 Å². The zero-order chi connectivity index (χ0) is 18.5. The maximum absolute atomic E-state index is 13.0. The minimum atomic E-state index is -0.792. The first kappa shape index (κ1) is 18.1. The second-order valence-electron chi connectivity index (χ2n) is 6.69. The van der Waals surface area contributed by atoms with Crippen molar-refractivity contribution < 1.29 is 19.1 Å². The van der Waals surface area contributed by atoms with Gasteiger partial charge in [-0.3, -0.25) is 9.59 Å². The minimum Gasteiger partial charge on any atom is -0.481 e. The number of halogens is 1. The van der Waals surface area contributed by atoms with Gasteiger partial charge in [0.05, 0.1) is 17.8 Å². The molecular weight excluding hydrogens is 337 g/mol. The Kier molecular flexibility index (Phi) is 5.65. The van der Waals surface area contributed by atoms with Gasteiger partial charge in [-0.15, -0.1) is 0 Å². The Labute approximate surface area is 151 Å². The number of aliphatic carboxylic acids is 1. The largest absolute Gasteiger partial charge is 0.481 e. The molecule has 0 aliphatic carbocycles. The number of likely N-dealkylation sites (tertiary alicyclic amines) is 1. The third-order valence-corrected chi connectivity index (χ3v) is 4.71. The lowest BCUT2D eigenvalue weighted by Gasteiger charge is -2.32. The van der Waals surface area contributed by atoms with Crippen LogP contribution in [0.15, 0.2) is 36.5 Å². The number of hydrogen-bond donors (Lipinski definition) is 1. The van der Waals surface area contributed by atoms with E-state index in [1.807, 2.05) is 4.90 Å². The second kappa shape index (κ2) is 8.12. The first-order chi connectivity index (χ1) is 12.5. The molecule has 3 rings (SSSR count). The van der Waals surface area contributed by atoms with Crippen LogP contribution in [0.2, 0.25) is 0 Å². The molecule has 6 nitrogen and oxygen atoms in total. The standard InChI is InChI=1S/C19H22FN3O3/c20-15-4-6-17(7-5-15)23-11-9-16(21-23)12-18(24)22-10-1-2-14(13-22)3-8-19(25)26/h4-7,9,11,14H,1-3,8,10,12-13H2,(H,25,26)/t14-/m1/s1. The zero-order valence-electron chi connectivity index (χ0n) is 14.5. The van der Waals surface area contributed by atoms with Gasteiger partial charge in [-0.25, -0.2) is 9.07 Å². The van der Waals surface area contributed by atoms with E-state index in [1.54, 1.807) is 29.1 Å². The normalized spacial score (nSPS) is 17.3. The molecule has 7 heteroatoms. The monoisotopic (exact) mass is 359 g/mol. The lowest BCUT2D eigenvalue weighted by molar-refractivity contribution is -0.137. The van der Waals surface area contributed by atoms with Crippen molar-refractivity contribution in [3.63, 3.8) is 0 Å². The highest BCUT2D eigenvalue weighted by molar-refractivity contribution is 5.78. The van der Waals surface area contributed by atoms with E-state index in [4.69, 9.17) is 5.11 Å². The highest BCUT2D eigenvalue weighted by Gasteiger charge is 2.24. The molecule has 1 N–H and O–H groups in total. The van der Waals surface area contributed by atoms with Crippen molar-refractivity contribution in [3.05, 3.63) is 48.0 Å². The number of piperidine rings is 1. The number of rotatable bonds is 6. The molecule has 0 unspecified atom stereocenters. The molecule has 138 valence electrons. The van der Waals surface area contributed by atoms with Crippen molar-refractivity contribution in [3.8, 4) is 5.69 Å². The van der Waals surface area contributed by atoms with E-state index in [1.165, 1.54) is 12.1 Å². The molecule has 1 aliphatic rings. The van der Waals surface area contributed by atoms with Gasteiger partial charge in [0.2, 0.25) is 5.91 Å². The van der Waals surface area contributed by atoms with Crippen molar-refractivity contribution in [1.29, 1.82) is 0 Å². The highest BCUT2D eigenvalue weighted by atomic mass is 19.1. The summed E-state index contributed by atoms with van der Waals surface area (Å²) < 4.78 is 14.6. The molecule has 0 saturated carbocycles. The molecule has 2 aromatic rings. The summed E-state index contributed by atoms with van der Waals surface area (Å²) in [4.78, 5) is 25.1. The lowest BCUT2D eigenvalue weighted by Crippen LogP contribution is -2.40. The fraction of sp³-hybridized carbons (Fsp3) is 0.421. The molecule has 1 amide bonds. The molecule has 26 heavy (non-hydrogen) atoms. The van der Waals surface area contributed by atoms with Crippen molar-refractivity contribution in [2.24, 2.45) is 5.92 Å². The summed E-state index contributed by atoms with van der Waals surface area (Å²) in [5, 5.41) is 13.2. The fourth-order valence-electron chi connectivity index (χ4n) is 3.32. The summed E-state index contributed by atoms with van der Waals surface area (Å²) in [6, 6.07) is 7.78. The molecule has 2 heterocycles. The summed E-state index contributed by atoms with van der Waals surface area (Å²) in [6.45, 7) is 1.33. The number of carbonyl (C=O) groups is 2. The maximum atomic E-state index is 13.0. The van der Waals surface area contributed by atoms with Crippen LogP contribution in [-0.2, 0) is 16.0 Å². The van der Waals surface area contributed by atoms with E-state index < -0.39 is 5.97 Å². The Balaban J connectivity index is 1.57. The molecule has 0 radical (unpaired) electrons. The van der Waals surface area contributed by atoms with Crippen LogP contribution < -0.4 is 0 Å². The third kappa shape index (κ3) is 4.68. The molecule has 1 atom stereocenters. The molecule has 1 aromatic heterocycles. The Hall–Kier alpha value is -2.70. The summed E-state index contributed by atoms with van der Waals surface area (Å²) in [5.41, 5.74) is 1.39. The molecule has 1 aromatic carbocycles. The number of hydrogen-bond acceptors (Lipinski definition) is 3. The van der Waals surface area contributed by atoms with Gasteiger partial charge in [0.25, 0.3) is 0 Å². The maximum Gasteiger partial charge on any atom is 0.303 e. The predicted octanol–water partition coefficient (Wildman–Crippen LogP) is 2.66. The molecule has 0 spiro atoms. The van der Waals surface area contributed by atoms with Crippen molar-refractivity contribution in [1.82, 2.24) is 14.7 Å². The lowest BCUT2D eigenvalue weighted by atomic mass is 9.93. The van der Waals surface area contributed by atoms with Crippen LogP contribution in [-0.4, -0.2) is 44.8 Å². The van der Waals surface area contributed by atoms with Crippen LogP contribution in [0.3, 0.4) is 0 Å². The topological polar surface area (TPSA) is 75.4 Å². The van der Waals surface area contributed by atoms with Gasteiger partial charge in [-0.1, -0.05) is 0 Å². The van der Waals surface area contributed by atoms with E-state index in [2.05, 4.69) is 5.10 Å². The summed E-state index contributed by atoms with van der Waals surface area (Å²) >= 11 is 0. The van der Waals surface area contributed by atoms with Gasteiger partial charge < -0.3 is 10.0 Å². The molecule has 1 saturated heterocycles. The van der Waals surface area contributed by atoms with E-state index in [0.717, 1.165) is 18.5 Å². The highest BCUT2D eigenvalue weighted by Crippen LogP contribution is 2.21. The molecule has 1 fully saturated rings. The van der Waals surface area contributed by atoms with Crippen LogP contribution in [0.25, 0.3) is 5.69 Å². The SMILES string of the molecule is O=C(O)CC[C@H]1CCCN(C(=O)Cc2ccn(-c3ccc(F)cc3)n2)C1. The summed E-state index contributed by atoms with van der Waals surface area (Å²) in [6.07, 6.45) is 4.59. The van der Waals surface area contributed by atoms with Gasteiger partial charge >= 0.3 is 5.97 Å². The number of carboxylic acid groups (broad SMARTS) is 1. The zero-order valence-corrected chi connectivity index (χ0v) is 14.5. The van der Waals surface area contributed by atoms with Crippen LogP contribution >= 0.6 is 0 Å². The number of nitrogens with zero attached hydrogens (tertiary/aromatic N) is 3. The number of benzene rings is 1. The number of amides is 1. The quantitative estimate of drug-likeness (QED) is 0.860. The van der Waals surface area contributed by atoms with Crippen LogP contribution in [0.4, 0.5) is 4.39 Å². The van der Waals surface area contributed by atoms with E-state index >= 15 is 0 Å². The van der Waals surface area contributed by atoms with Gasteiger partial charge in [0.1, 0.15) is 5.82 Å². The molecule has 0 bridgehead atoms. The fourth-order valence-corrected chi connectivity index (χ4v) is 3.32. The second-order valence-corrected chi connectivity index (χ2v) is 6.69. The average Bonchev–Trinajstić information content (AvgIpc) is 3.09. The van der Waals surface area contributed by atoms with Crippen molar-refractivity contribution >= 4 is 11.9 Å². The van der Waals surface area contributed by atoms with Crippen molar-refractivity contribution in [2.45, 2.75) is 32.1 Å². The number of carbonyl (C=O) groups excluding carboxylic acids is 1. The Morgan fingerprint density at radius 1 is 1.23 bits per heavy atom. The third-order valence-electron chi connectivity index (χ3n) is 4.71.